The van der Waals surface area contributed by atoms with Crippen molar-refractivity contribution >= 4 is 11.9 Å². The summed E-state index contributed by atoms with van der Waals surface area (Å²) in [5.74, 6) is -3.54. The first-order valence-corrected chi connectivity index (χ1v) is 6.70. The number of carbonyl (C=O) groups is 2. The summed E-state index contributed by atoms with van der Waals surface area (Å²) in [6.07, 6.45) is 5.44. The van der Waals surface area contributed by atoms with Crippen molar-refractivity contribution < 1.29 is 46.4 Å². The number of carboxylic acids is 2. The average Bonchev–Trinajstić information content (AvgIpc) is 2.37. The number of aliphatic hydroxyl groups excluding tert-OH is 2. The molecule has 0 spiro atoms. The van der Waals surface area contributed by atoms with Crippen molar-refractivity contribution in [2.75, 3.05) is 0 Å². The molecule has 0 amide bonds. The molecule has 9 nitrogen and oxygen atoms in total. The van der Waals surface area contributed by atoms with E-state index in [1.165, 1.54) is 44.9 Å². The number of carboxylic acid groups (broad SMARTS) is 2. The molecule has 0 bridgehead atoms. The summed E-state index contributed by atoms with van der Waals surface area (Å²) in [5, 5.41) is 32.5. The fourth-order valence-electron chi connectivity index (χ4n) is 1.30. The highest BCUT2D eigenvalue weighted by Crippen LogP contribution is 2.05. The highest BCUT2D eigenvalue weighted by atomic mass is 16.4. The summed E-state index contributed by atoms with van der Waals surface area (Å²) in [6.45, 7) is 4.53. The summed E-state index contributed by atoms with van der Waals surface area (Å²) < 4.78 is 0. The monoisotopic (exact) mass is 332 g/mol. The standard InChI is InChI=1S/C9H20.C4H6O6.3H2O/c1-3-5-7-9-8-6-4-2;5-1(3(7)8)2(6)4(9)10;;;/h3-9H2,1-2H3;1-2,5-6H,(H,7,8)(H,9,10);3*1H2/t;1-,2-;;;/m.1.../s1. The van der Waals surface area contributed by atoms with Gasteiger partial charge in [-0.05, 0) is 0 Å². The van der Waals surface area contributed by atoms with Gasteiger partial charge in [-0.3, -0.25) is 0 Å². The molecule has 0 saturated heterocycles. The molecule has 0 aromatic carbocycles. The van der Waals surface area contributed by atoms with Gasteiger partial charge < -0.3 is 36.9 Å². The van der Waals surface area contributed by atoms with Gasteiger partial charge in [0.2, 0.25) is 0 Å². The van der Waals surface area contributed by atoms with Crippen molar-refractivity contribution in [1.29, 1.82) is 0 Å². The number of rotatable bonds is 9. The zero-order chi connectivity index (χ0) is 15.3. The Kier molecular flexibility index (Phi) is 32.7. The van der Waals surface area contributed by atoms with E-state index in [4.69, 9.17) is 20.4 Å². The molecule has 0 aromatic heterocycles. The molecule has 0 radical (unpaired) electrons. The van der Waals surface area contributed by atoms with Crippen molar-refractivity contribution in [2.24, 2.45) is 0 Å². The van der Waals surface area contributed by atoms with Crippen molar-refractivity contribution in [1.82, 2.24) is 0 Å². The zero-order valence-electron chi connectivity index (χ0n) is 13.2. The molecule has 0 rings (SSSR count). The zero-order valence-corrected chi connectivity index (χ0v) is 13.2. The van der Waals surface area contributed by atoms with Crippen LogP contribution in [0.3, 0.4) is 0 Å². The topological polar surface area (TPSA) is 210 Å². The minimum Gasteiger partial charge on any atom is -0.479 e. The van der Waals surface area contributed by atoms with Crippen LogP contribution in [0.2, 0.25) is 0 Å². The first-order chi connectivity index (χ1) is 8.88. The van der Waals surface area contributed by atoms with Gasteiger partial charge in [-0.25, -0.2) is 9.59 Å². The molecule has 22 heavy (non-hydrogen) atoms. The second kappa shape index (κ2) is 22.0. The molecular weight excluding hydrogens is 300 g/mol. The van der Waals surface area contributed by atoms with E-state index in [-0.39, 0.29) is 16.4 Å². The van der Waals surface area contributed by atoms with E-state index in [1.807, 2.05) is 0 Å². The van der Waals surface area contributed by atoms with Gasteiger partial charge in [0.1, 0.15) is 0 Å². The molecule has 0 aliphatic carbocycles. The molecule has 0 aliphatic rings. The first kappa shape index (κ1) is 32.6. The van der Waals surface area contributed by atoms with Gasteiger partial charge in [0, 0.05) is 0 Å². The Balaban J connectivity index is -0.0000000774. The van der Waals surface area contributed by atoms with Gasteiger partial charge >= 0.3 is 11.9 Å². The van der Waals surface area contributed by atoms with Crippen LogP contribution in [0, 0.1) is 0 Å². The normalized spacial score (nSPS) is 11.3. The van der Waals surface area contributed by atoms with Gasteiger partial charge in [-0.1, -0.05) is 58.8 Å². The Morgan fingerprint density at radius 2 is 0.909 bits per heavy atom. The summed E-state index contributed by atoms with van der Waals surface area (Å²) in [7, 11) is 0. The van der Waals surface area contributed by atoms with Crippen LogP contribution >= 0.6 is 0 Å². The molecule has 2 atom stereocenters. The molecule has 0 fully saturated rings. The Morgan fingerprint density at radius 1 is 0.682 bits per heavy atom. The number of hydrogen-bond donors (Lipinski definition) is 4. The highest BCUT2D eigenvalue weighted by Gasteiger charge is 2.29. The maximum atomic E-state index is 9.77. The predicted octanol–water partition coefficient (Wildman–Crippen LogP) is -0.840. The highest BCUT2D eigenvalue weighted by molar-refractivity contribution is 5.83. The molecule has 0 heterocycles. The number of hydrogen-bond acceptors (Lipinski definition) is 4. The molecule has 10 N–H and O–H groups in total. The lowest BCUT2D eigenvalue weighted by Crippen LogP contribution is -2.39. The van der Waals surface area contributed by atoms with E-state index in [9.17, 15) is 9.59 Å². The maximum absolute atomic E-state index is 9.77. The molecule has 138 valence electrons. The van der Waals surface area contributed by atoms with Crippen molar-refractivity contribution in [3.05, 3.63) is 0 Å². The molecule has 0 saturated carbocycles. The first-order valence-electron chi connectivity index (χ1n) is 6.70. The smallest absolute Gasteiger partial charge is 0.335 e. The Bertz CT molecular complexity index is 222. The van der Waals surface area contributed by atoms with Gasteiger partial charge in [-0.2, -0.15) is 0 Å². The number of unbranched alkanes of at least 4 members (excludes halogenated alkanes) is 6. The number of aliphatic carboxylic acids is 2. The van der Waals surface area contributed by atoms with Crippen LogP contribution < -0.4 is 0 Å². The summed E-state index contributed by atoms with van der Waals surface area (Å²) in [4.78, 5) is 19.5. The van der Waals surface area contributed by atoms with E-state index in [2.05, 4.69) is 13.8 Å². The lowest BCUT2D eigenvalue weighted by molar-refractivity contribution is -0.165. The fourth-order valence-corrected chi connectivity index (χ4v) is 1.30. The van der Waals surface area contributed by atoms with Gasteiger partial charge in [0.15, 0.2) is 12.2 Å². The van der Waals surface area contributed by atoms with E-state index in [0.29, 0.717) is 0 Å². The molecule has 9 heteroatoms. The molecule has 0 aromatic rings. The van der Waals surface area contributed by atoms with Crippen LogP contribution in [-0.4, -0.2) is 61.0 Å². The Hall–Kier alpha value is -1.26. The Labute approximate surface area is 130 Å². The van der Waals surface area contributed by atoms with Gasteiger partial charge in [0.25, 0.3) is 0 Å². The maximum Gasteiger partial charge on any atom is 0.335 e. The molecule has 0 unspecified atom stereocenters. The third-order valence-corrected chi connectivity index (χ3v) is 2.51. The van der Waals surface area contributed by atoms with E-state index >= 15 is 0 Å². The van der Waals surface area contributed by atoms with Gasteiger partial charge in [-0.15, -0.1) is 0 Å². The predicted molar refractivity (Wildman–Crippen MR) is 81.8 cm³/mol. The second-order valence-electron chi connectivity index (χ2n) is 4.33. The van der Waals surface area contributed by atoms with Crippen LogP contribution in [0.15, 0.2) is 0 Å². The van der Waals surface area contributed by atoms with Crippen LogP contribution in [-0.2, 0) is 9.59 Å². The van der Waals surface area contributed by atoms with E-state index < -0.39 is 24.1 Å². The third kappa shape index (κ3) is 21.0. The van der Waals surface area contributed by atoms with Crippen molar-refractivity contribution in [3.63, 3.8) is 0 Å². The summed E-state index contributed by atoms with van der Waals surface area (Å²) in [6, 6.07) is 0. The lowest BCUT2D eigenvalue weighted by Gasteiger charge is -2.07. The lowest BCUT2D eigenvalue weighted by atomic mass is 10.1. The Morgan fingerprint density at radius 3 is 1.09 bits per heavy atom. The molecular formula is C13H32O9. The van der Waals surface area contributed by atoms with Crippen LogP contribution in [0.5, 0.6) is 0 Å². The summed E-state index contributed by atoms with van der Waals surface area (Å²) >= 11 is 0. The van der Waals surface area contributed by atoms with Crippen molar-refractivity contribution in [3.8, 4) is 0 Å². The largest absolute Gasteiger partial charge is 0.479 e. The number of aliphatic hydroxyl groups is 2. The van der Waals surface area contributed by atoms with Crippen LogP contribution in [0.4, 0.5) is 0 Å². The average molecular weight is 332 g/mol. The third-order valence-electron chi connectivity index (χ3n) is 2.51. The quantitative estimate of drug-likeness (QED) is 0.395. The summed E-state index contributed by atoms with van der Waals surface area (Å²) in [5.41, 5.74) is 0. The van der Waals surface area contributed by atoms with Crippen molar-refractivity contribution in [2.45, 2.75) is 71.0 Å². The minimum atomic E-state index is -2.27. The fraction of sp³-hybridized carbons (Fsp3) is 0.846. The van der Waals surface area contributed by atoms with Crippen LogP contribution in [0.1, 0.15) is 58.8 Å². The van der Waals surface area contributed by atoms with Gasteiger partial charge in [0.05, 0.1) is 0 Å². The second-order valence-corrected chi connectivity index (χ2v) is 4.33. The minimum absolute atomic E-state index is 0. The van der Waals surface area contributed by atoms with E-state index in [0.717, 1.165) is 0 Å². The van der Waals surface area contributed by atoms with Crippen LogP contribution in [0.25, 0.3) is 0 Å². The SMILES string of the molecule is CCCCCCCCC.O.O.O.O=C(O)[C@H](O)[C@@H](O)C(=O)O. The van der Waals surface area contributed by atoms with E-state index in [1.54, 1.807) is 0 Å². The molecule has 0 aliphatic heterocycles.